The summed E-state index contributed by atoms with van der Waals surface area (Å²) < 4.78 is 5.51. The first kappa shape index (κ1) is 20.4. The highest BCUT2D eigenvalue weighted by Gasteiger charge is 2.23. The molecule has 0 saturated carbocycles. The van der Waals surface area contributed by atoms with Gasteiger partial charge in [-0.15, -0.1) is 0 Å². The Kier molecular flexibility index (Phi) is 5.31. The van der Waals surface area contributed by atoms with Gasteiger partial charge < -0.3 is 25.5 Å². The molecule has 0 bridgehead atoms. The van der Waals surface area contributed by atoms with Crippen molar-refractivity contribution in [2.24, 2.45) is 0 Å². The largest absolute Gasteiger partial charge is 0.496 e. The van der Waals surface area contributed by atoms with E-state index in [1.807, 2.05) is 36.5 Å². The molecule has 0 saturated heterocycles. The molecule has 0 radical (unpaired) electrons. The summed E-state index contributed by atoms with van der Waals surface area (Å²) in [4.78, 5) is 25.4. The van der Waals surface area contributed by atoms with E-state index in [-0.39, 0.29) is 11.4 Å². The second kappa shape index (κ2) is 8.08. The number of nitrogens with zero attached hydrogens (tertiary/aromatic N) is 3. The van der Waals surface area contributed by atoms with Crippen LogP contribution in [-0.4, -0.2) is 52.1 Å². The van der Waals surface area contributed by atoms with E-state index in [0.717, 1.165) is 33.5 Å². The lowest BCUT2D eigenvalue weighted by Gasteiger charge is -2.17. The summed E-state index contributed by atoms with van der Waals surface area (Å²) in [6.07, 6.45) is 3.81. The quantitative estimate of drug-likeness (QED) is 0.459. The first-order valence-electron chi connectivity index (χ1n) is 9.66. The van der Waals surface area contributed by atoms with Gasteiger partial charge in [0.25, 0.3) is 5.91 Å². The molecule has 31 heavy (non-hydrogen) atoms. The van der Waals surface area contributed by atoms with E-state index in [2.05, 4.69) is 15.0 Å². The summed E-state index contributed by atoms with van der Waals surface area (Å²) >= 11 is 0. The first-order chi connectivity index (χ1) is 14.9. The number of methoxy groups -OCH3 is 1. The summed E-state index contributed by atoms with van der Waals surface area (Å²) in [6.45, 7) is 0. The van der Waals surface area contributed by atoms with E-state index >= 15 is 0 Å². The minimum atomic E-state index is -1.39. The summed E-state index contributed by atoms with van der Waals surface area (Å²) in [5.41, 5.74) is 10.3. The number of pyridine rings is 2. The number of rotatable bonds is 5. The Bertz CT molecular complexity index is 1270. The normalized spacial score (nSPS) is 12.0. The Balaban J connectivity index is 1.81. The van der Waals surface area contributed by atoms with Crippen molar-refractivity contribution in [1.82, 2.24) is 19.9 Å². The van der Waals surface area contributed by atoms with Crippen LogP contribution in [0.25, 0.3) is 33.3 Å². The molecule has 1 amide bonds. The number of aromatic nitrogens is 3. The number of H-pyrrole nitrogens is 1. The lowest BCUT2D eigenvalue weighted by molar-refractivity contribution is -0.137. The van der Waals surface area contributed by atoms with Crippen molar-refractivity contribution in [3.8, 4) is 28.0 Å². The molecule has 0 fully saturated rings. The zero-order chi connectivity index (χ0) is 22.1. The van der Waals surface area contributed by atoms with Crippen molar-refractivity contribution in [1.29, 1.82) is 0 Å². The van der Waals surface area contributed by atoms with E-state index in [4.69, 9.17) is 10.5 Å². The molecule has 1 aromatic carbocycles. The maximum Gasteiger partial charge on any atom is 0.255 e. The molecule has 4 rings (SSSR count). The van der Waals surface area contributed by atoms with E-state index in [9.17, 15) is 9.90 Å². The monoisotopic (exact) mass is 417 g/mol. The summed E-state index contributed by atoms with van der Waals surface area (Å²) in [5, 5.41) is 11.4. The predicted octanol–water partition coefficient (Wildman–Crippen LogP) is 3.00. The average Bonchev–Trinajstić information content (AvgIpc) is 3.21. The number of carbonyl (C=O) groups is 1. The number of fused-ring (bicyclic) bond motifs is 1. The third-order valence-electron chi connectivity index (χ3n) is 5.18. The Hall–Kier alpha value is -3.91. The number of benzene rings is 1. The van der Waals surface area contributed by atoms with Crippen LogP contribution in [0.5, 0.6) is 5.75 Å². The van der Waals surface area contributed by atoms with Crippen LogP contribution in [0.1, 0.15) is 11.7 Å². The van der Waals surface area contributed by atoms with Crippen molar-refractivity contribution in [2.45, 2.75) is 6.10 Å². The predicted molar refractivity (Wildman–Crippen MR) is 119 cm³/mol. The van der Waals surface area contributed by atoms with Gasteiger partial charge in [-0.05, 0) is 18.2 Å². The smallest absolute Gasteiger partial charge is 0.255 e. The van der Waals surface area contributed by atoms with E-state index in [0.29, 0.717) is 5.56 Å². The van der Waals surface area contributed by atoms with Crippen molar-refractivity contribution in [3.05, 3.63) is 60.6 Å². The van der Waals surface area contributed by atoms with Gasteiger partial charge in [0, 0.05) is 65.9 Å². The van der Waals surface area contributed by atoms with Crippen LogP contribution < -0.4 is 10.5 Å². The zero-order valence-corrected chi connectivity index (χ0v) is 17.5. The molecule has 0 aliphatic heterocycles. The lowest BCUT2D eigenvalue weighted by Crippen LogP contribution is -2.28. The van der Waals surface area contributed by atoms with Gasteiger partial charge in [0.2, 0.25) is 0 Å². The minimum Gasteiger partial charge on any atom is -0.496 e. The van der Waals surface area contributed by atoms with Crippen molar-refractivity contribution in [3.63, 3.8) is 0 Å². The van der Waals surface area contributed by atoms with Crippen LogP contribution in [0.4, 0.5) is 5.82 Å². The number of ether oxygens (including phenoxy) is 1. The molecular weight excluding hydrogens is 394 g/mol. The number of aromatic amines is 1. The molecule has 3 heterocycles. The fourth-order valence-electron chi connectivity index (χ4n) is 3.50. The summed E-state index contributed by atoms with van der Waals surface area (Å²) in [5.74, 6) is 0.399. The van der Waals surface area contributed by atoms with E-state index < -0.39 is 12.0 Å². The number of aliphatic hydroxyl groups excluding tert-OH is 1. The van der Waals surface area contributed by atoms with Gasteiger partial charge in [-0.25, -0.2) is 9.97 Å². The van der Waals surface area contributed by atoms with Crippen LogP contribution in [0.2, 0.25) is 0 Å². The number of carbonyl (C=O) groups excluding carboxylic acids is 1. The topological polar surface area (TPSA) is 117 Å². The summed E-state index contributed by atoms with van der Waals surface area (Å²) in [6, 6.07) is 11.4. The second-order valence-electron chi connectivity index (χ2n) is 7.36. The first-order valence-corrected chi connectivity index (χ1v) is 9.66. The highest BCUT2D eigenvalue weighted by atomic mass is 16.5. The number of para-hydroxylation sites is 1. The van der Waals surface area contributed by atoms with Gasteiger partial charge in [-0.1, -0.05) is 18.2 Å². The fourth-order valence-corrected chi connectivity index (χ4v) is 3.50. The molecule has 8 heteroatoms. The van der Waals surface area contributed by atoms with Gasteiger partial charge in [0.1, 0.15) is 17.2 Å². The van der Waals surface area contributed by atoms with Crippen LogP contribution in [-0.2, 0) is 4.79 Å². The number of nitrogens with one attached hydrogen (secondary N) is 1. The number of nitrogen functional groups attached to an aromatic ring is 1. The molecule has 158 valence electrons. The molecule has 1 unspecified atom stereocenters. The molecule has 8 nitrogen and oxygen atoms in total. The lowest BCUT2D eigenvalue weighted by atomic mass is 10.0. The minimum absolute atomic E-state index is 0.108. The van der Waals surface area contributed by atoms with Crippen molar-refractivity contribution >= 4 is 22.8 Å². The maximum absolute atomic E-state index is 12.2. The van der Waals surface area contributed by atoms with Crippen molar-refractivity contribution in [2.75, 3.05) is 26.9 Å². The second-order valence-corrected chi connectivity index (χ2v) is 7.36. The Morgan fingerprint density at radius 2 is 1.84 bits per heavy atom. The maximum atomic E-state index is 12.2. The van der Waals surface area contributed by atoms with E-state index in [1.54, 1.807) is 39.7 Å². The van der Waals surface area contributed by atoms with Crippen LogP contribution in [0.3, 0.4) is 0 Å². The van der Waals surface area contributed by atoms with Gasteiger partial charge in [-0.2, -0.15) is 0 Å². The number of hydrogen-bond acceptors (Lipinski definition) is 6. The fraction of sp³-hybridized carbons (Fsp3) is 0.174. The van der Waals surface area contributed by atoms with Crippen LogP contribution in [0, 0.1) is 0 Å². The van der Waals surface area contributed by atoms with Crippen molar-refractivity contribution < 1.29 is 14.6 Å². The molecule has 0 spiro atoms. The number of aliphatic hydroxyl groups is 1. The molecule has 3 aromatic heterocycles. The van der Waals surface area contributed by atoms with Crippen LogP contribution >= 0.6 is 0 Å². The molecular formula is C23H23N5O3. The number of likely N-dealkylation sites (N-methyl/N-ethyl adjacent to an activating group) is 1. The highest BCUT2D eigenvalue weighted by molar-refractivity contribution is 5.97. The molecule has 0 aliphatic carbocycles. The van der Waals surface area contributed by atoms with Gasteiger partial charge in [-0.3, -0.25) is 4.79 Å². The Morgan fingerprint density at radius 1 is 1.13 bits per heavy atom. The van der Waals surface area contributed by atoms with Gasteiger partial charge in [0.15, 0.2) is 6.10 Å². The highest BCUT2D eigenvalue weighted by Crippen LogP contribution is 2.36. The van der Waals surface area contributed by atoms with Gasteiger partial charge >= 0.3 is 0 Å². The molecule has 4 N–H and O–H groups in total. The van der Waals surface area contributed by atoms with E-state index in [1.165, 1.54) is 4.90 Å². The molecule has 1 atom stereocenters. The van der Waals surface area contributed by atoms with Gasteiger partial charge in [0.05, 0.1) is 7.11 Å². The average molecular weight is 417 g/mol. The van der Waals surface area contributed by atoms with Crippen LogP contribution in [0.15, 0.2) is 55.0 Å². The molecule has 4 aromatic rings. The number of hydrogen-bond donors (Lipinski definition) is 3. The molecule has 0 aliphatic rings. The third-order valence-corrected chi connectivity index (χ3v) is 5.18. The Labute approximate surface area is 179 Å². The number of nitrogens with two attached hydrogens (primary N) is 1. The Morgan fingerprint density at radius 3 is 2.58 bits per heavy atom. The third kappa shape index (κ3) is 3.69. The zero-order valence-electron chi connectivity index (χ0n) is 17.5. The summed E-state index contributed by atoms with van der Waals surface area (Å²) in [7, 11) is 4.78. The number of amides is 1. The standard InChI is InChI=1S/C23H23N5O3/c1-28(2)23(30)20(29)17-9-14(10-25-21(17)24)13-8-16-18(12-27-22(16)26-11-13)15-6-4-5-7-19(15)31-3/h4-12,20,29H,1-3H3,(H2,24,25)(H,26,27). The SMILES string of the molecule is COc1ccccc1-c1c[nH]c2ncc(-c3cnc(N)c(C(O)C(=O)N(C)C)c3)cc12. The number of anilines is 1.